The smallest absolute Gasteiger partial charge is 0.159 e. The van der Waals surface area contributed by atoms with Crippen molar-refractivity contribution in [2.24, 2.45) is 28.6 Å². The SMILES string of the molecule is CC(O)(CO)CCC(O)C(C)(O)C1CCC2(O)C3=CC(=O)C4CC(O)C(O)CC4(C)C3CCC12C. The van der Waals surface area contributed by atoms with Crippen LogP contribution in [0.15, 0.2) is 11.6 Å². The minimum absolute atomic E-state index is 0.0926. The van der Waals surface area contributed by atoms with Crippen molar-refractivity contribution < 1.29 is 40.5 Å². The van der Waals surface area contributed by atoms with E-state index in [2.05, 4.69) is 0 Å². The summed E-state index contributed by atoms with van der Waals surface area (Å²) in [5.74, 6) is -1.08. The molecule has 0 saturated heterocycles. The van der Waals surface area contributed by atoms with Crippen molar-refractivity contribution in [3.8, 4) is 0 Å². The zero-order chi connectivity index (χ0) is 26.2. The van der Waals surface area contributed by atoms with Crippen LogP contribution in [0.4, 0.5) is 0 Å². The summed E-state index contributed by atoms with van der Waals surface area (Å²) < 4.78 is 0. The molecule has 200 valence electrons. The van der Waals surface area contributed by atoms with Crippen LogP contribution in [-0.4, -0.2) is 83.3 Å². The van der Waals surface area contributed by atoms with Crippen LogP contribution in [0.25, 0.3) is 0 Å². The first-order valence-corrected chi connectivity index (χ1v) is 13.1. The molecular formula is C27H44O8. The van der Waals surface area contributed by atoms with Crippen LogP contribution in [0.2, 0.25) is 0 Å². The van der Waals surface area contributed by atoms with Gasteiger partial charge in [-0.1, -0.05) is 13.8 Å². The van der Waals surface area contributed by atoms with Gasteiger partial charge in [-0.3, -0.25) is 4.79 Å². The highest BCUT2D eigenvalue weighted by atomic mass is 16.3. The van der Waals surface area contributed by atoms with Gasteiger partial charge in [0.2, 0.25) is 0 Å². The highest BCUT2D eigenvalue weighted by Crippen LogP contribution is 2.68. The molecule has 8 nitrogen and oxygen atoms in total. The number of aliphatic hydroxyl groups excluding tert-OH is 4. The van der Waals surface area contributed by atoms with Crippen LogP contribution < -0.4 is 0 Å². The van der Waals surface area contributed by atoms with Gasteiger partial charge in [0, 0.05) is 11.3 Å². The van der Waals surface area contributed by atoms with E-state index in [-0.39, 0.29) is 31.0 Å². The van der Waals surface area contributed by atoms with E-state index >= 15 is 0 Å². The predicted octanol–water partition coefficient (Wildman–Crippen LogP) is 0.826. The molecule has 0 heterocycles. The molecule has 0 aromatic carbocycles. The number of carbonyl (C=O) groups is 1. The second-order valence-electron chi connectivity index (χ2n) is 13.0. The first-order chi connectivity index (χ1) is 16.0. The maximum atomic E-state index is 13.3. The number of hydrogen-bond acceptors (Lipinski definition) is 8. The predicted molar refractivity (Wildman–Crippen MR) is 128 cm³/mol. The summed E-state index contributed by atoms with van der Waals surface area (Å²) in [5.41, 5.74) is -4.90. The quantitative estimate of drug-likeness (QED) is 0.285. The van der Waals surface area contributed by atoms with Crippen molar-refractivity contribution in [3.05, 3.63) is 11.6 Å². The standard InChI is InChI=1S/C27H44O8/c1-23(33,14-28)8-7-22(32)26(4,34)21-6-10-27(35)16-11-18(29)17-12-19(30)20(31)13-24(17,2)15(16)5-9-25(21,27)3/h11,15,17,19-22,28,30-35H,5-10,12-14H2,1-4H3. The summed E-state index contributed by atoms with van der Waals surface area (Å²) in [4.78, 5) is 13.3. The number of hydrogen-bond donors (Lipinski definition) is 7. The monoisotopic (exact) mass is 496 g/mol. The highest BCUT2D eigenvalue weighted by molar-refractivity contribution is 5.95. The van der Waals surface area contributed by atoms with Crippen molar-refractivity contribution in [3.63, 3.8) is 0 Å². The van der Waals surface area contributed by atoms with Crippen LogP contribution >= 0.6 is 0 Å². The number of allylic oxidation sites excluding steroid dienone is 1. The third-order valence-corrected chi connectivity index (χ3v) is 10.8. The van der Waals surface area contributed by atoms with E-state index in [4.69, 9.17) is 0 Å². The summed E-state index contributed by atoms with van der Waals surface area (Å²) in [7, 11) is 0. The Morgan fingerprint density at radius 1 is 1.09 bits per heavy atom. The molecule has 3 saturated carbocycles. The third-order valence-electron chi connectivity index (χ3n) is 10.8. The number of fused-ring (bicyclic) bond motifs is 5. The number of ketones is 1. The summed E-state index contributed by atoms with van der Waals surface area (Å²) in [6, 6.07) is 0. The summed E-state index contributed by atoms with van der Waals surface area (Å²) >= 11 is 0. The second kappa shape index (κ2) is 8.58. The van der Waals surface area contributed by atoms with Gasteiger partial charge in [0.25, 0.3) is 0 Å². The molecule has 0 amide bonds. The summed E-state index contributed by atoms with van der Waals surface area (Å²) in [6.07, 6.45) is 1.37. The molecule has 0 spiro atoms. The van der Waals surface area contributed by atoms with Crippen LogP contribution in [0, 0.1) is 28.6 Å². The van der Waals surface area contributed by atoms with E-state index in [9.17, 15) is 40.5 Å². The first-order valence-electron chi connectivity index (χ1n) is 13.1. The molecule has 8 heteroatoms. The van der Waals surface area contributed by atoms with E-state index in [0.717, 1.165) is 0 Å². The highest BCUT2D eigenvalue weighted by Gasteiger charge is 2.69. The minimum atomic E-state index is -1.55. The average Bonchev–Trinajstić information content (AvgIpc) is 3.06. The molecular weight excluding hydrogens is 452 g/mol. The van der Waals surface area contributed by atoms with Crippen molar-refractivity contribution in [2.75, 3.05) is 6.61 Å². The summed E-state index contributed by atoms with van der Waals surface area (Å²) in [5, 5.41) is 74.9. The van der Waals surface area contributed by atoms with Gasteiger partial charge >= 0.3 is 0 Å². The van der Waals surface area contributed by atoms with Crippen LogP contribution in [0.3, 0.4) is 0 Å². The lowest BCUT2D eigenvalue weighted by Gasteiger charge is -2.60. The van der Waals surface area contributed by atoms with Gasteiger partial charge in [0.05, 0.1) is 41.7 Å². The number of rotatable bonds is 6. The Balaban J connectivity index is 1.64. The Morgan fingerprint density at radius 2 is 1.74 bits per heavy atom. The fraction of sp³-hybridized carbons (Fsp3) is 0.889. The van der Waals surface area contributed by atoms with Crippen molar-refractivity contribution in [1.82, 2.24) is 0 Å². The molecule has 0 bridgehead atoms. The minimum Gasteiger partial charge on any atom is -0.393 e. The molecule has 11 unspecified atom stereocenters. The third kappa shape index (κ3) is 3.95. The molecule has 35 heavy (non-hydrogen) atoms. The zero-order valence-electron chi connectivity index (χ0n) is 21.4. The van der Waals surface area contributed by atoms with Gasteiger partial charge in [-0.25, -0.2) is 0 Å². The van der Waals surface area contributed by atoms with E-state index in [1.54, 1.807) is 13.0 Å². The summed E-state index contributed by atoms with van der Waals surface area (Å²) in [6.45, 7) is 6.54. The molecule has 7 N–H and O–H groups in total. The Bertz CT molecular complexity index is 882. The lowest BCUT2D eigenvalue weighted by Crippen LogP contribution is -2.62. The van der Waals surface area contributed by atoms with Crippen molar-refractivity contribution >= 4 is 5.78 Å². The second-order valence-corrected chi connectivity index (χ2v) is 13.0. The molecule has 0 aromatic heterocycles. The molecule has 3 fully saturated rings. The Hall–Kier alpha value is -0.870. The lowest BCUT2D eigenvalue weighted by atomic mass is 9.45. The van der Waals surface area contributed by atoms with Crippen LogP contribution in [-0.2, 0) is 4.79 Å². The Kier molecular flexibility index (Phi) is 6.66. The van der Waals surface area contributed by atoms with Crippen LogP contribution in [0.5, 0.6) is 0 Å². The van der Waals surface area contributed by atoms with Gasteiger partial charge < -0.3 is 35.7 Å². The molecule has 4 aliphatic carbocycles. The van der Waals surface area contributed by atoms with E-state index in [0.29, 0.717) is 37.7 Å². The molecule has 11 atom stereocenters. The van der Waals surface area contributed by atoms with Gasteiger partial charge in [-0.15, -0.1) is 0 Å². The molecule has 0 radical (unpaired) electrons. The van der Waals surface area contributed by atoms with Gasteiger partial charge in [0.15, 0.2) is 5.78 Å². The number of aliphatic hydroxyl groups is 7. The van der Waals surface area contributed by atoms with Crippen molar-refractivity contribution in [1.29, 1.82) is 0 Å². The normalized spacial score (nSPS) is 47.6. The lowest BCUT2D eigenvalue weighted by molar-refractivity contribution is -0.177. The van der Waals surface area contributed by atoms with Crippen molar-refractivity contribution in [2.45, 2.75) is 114 Å². The van der Waals surface area contributed by atoms with E-state index in [1.807, 2.05) is 13.8 Å². The zero-order valence-corrected chi connectivity index (χ0v) is 21.4. The average molecular weight is 497 g/mol. The topological polar surface area (TPSA) is 159 Å². The van der Waals surface area contributed by atoms with Gasteiger partial charge in [-0.05, 0) is 94.1 Å². The molecule has 4 aliphatic rings. The Labute approximate surface area is 207 Å². The van der Waals surface area contributed by atoms with E-state index in [1.165, 1.54) is 6.92 Å². The van der Waals surface area contributed by atoms with Gasteiger partial charge in [0.1, 0.15) is 0 Å². The first kappa shape index (κ1) is 27.2. The van der Waals surface area contributed by atoms with Crippen LogP contribution in [0.1, 0.15) is 79.1 Å². The fourth-order valence-electron chi connectivity index (χ4n) is 8.36. The maximum absolute atomic E-state index is 13.3. The largest absolute Gasteiger partial charge is 0.393 e. The molecule has 4 rings (SSSR count). The number of carbonyl (C=O) groups excluding carboxylic acids is 1. The molecule has 0 aromatic rings. The molecule has 0 aliphatic heterocycles. The fourth-order valence-corrected chi connectivity index (χ4v) is 8.36. The van der Waals surface area contributed by atoms with E-state index < -0.39 is 64.4 Å². The van der Waals surface area contributed by atoms with Gasteiger partial charge in [-0.2, -0.15) is 0 Å². The maximum Gasteiger partial charge on any atom is 0.159 e. The Morgan fingerprint density at radius 3 is 2.37 bits per heavy atom.